The van der Waals surface area contributed by atoms with E-state index in [1.165, 1.54) is 5.56 Å². The molecule has 0 radical (unpaired) electrons. The first-order valence-corrected chi connectivity index (χ1v) is 7.81. The Morgan fingerprint density at radius 3 is 2.29 bits per heavy atom. The van der Waals surface area contributed by atoms with Crippen LogP contribution in [0.2, 0.25) is 0 Å². The van der Waals surface area contributed by atoms with Crippen molar-refractivity contribution >= 4 is 5.91 Å². The number of nitrogens with zero attached hydrogens (tertiary/aromatic N) is 1. The molecule has 1 aromatic rings. The molecule has 0 unspecified atom stereocenters. The molecule has 1 fully saturated rings. The molecule has 1 saturated heterocycles. The first-order valence-electron chi connectivity index (χ1n) is 7.81. The fourth-order valence-corrected chi connectivity index (χ4v) is 2.73. The summed E-state index contributed by atoms with van der Waals surface area (Å²) in [5, 5.41) is 0. The van der Waals surface area contributed by atoms with Crippen LogP contribution in [0.15, 0.2) is 24.3 Å². The van der Waals surface area contributed by atoms with E-state index in [9.17, 15) is 4.79 Å². The second-order valence-corrected chi connectivity index (χ2v) is 7.07. The molecule has 2 rings (SSSR count). The average Bonchev–Trinajstić information content (AvgIpc) is 2.46. The van der Waals surface area contributed by atoms with Crippen LogP contribution in [0.1, 0.15) is 49.5 Å². The van der Waals surface area contributed by atoms with Crippen LogP contribution >= 0.6 is 0 Å². The number of carbonyl (C=O) groups excluding carboxylic acids is 1. The number of amides is 1. The number of benzene rings is 1. The monoisotopic (exact) mass is 289 g/mol. The van der Waals surface area contributed by atoms with Gasteiger partial charge in [-0.1, -0.05) is 32.9 Å². The molecule has 0 saturated carbocycles. The van der Waals surface area contributed by atoms with Gasteiger partial charge in [0, 0.05) is 32.4 Å². The van der Waals surface area contributed by atoms with Crippen molar-refractivity contribution in [3.63, 3.8) is 0 Å². The molecular formula is C18H27NO2. The molecule has 0 spiro atoms. The molecule has 0 bridgehead atoms. The Labute approximate surface area is 128 Å². The van der Waals surface area contributed by atoms with Crippen molar-refractivity contribution in [2.24, 2.45) is 5.92 Å². The summed E-state index contributed by atoms with van der Waals surface area (Å²) in [5.74, 6) is 0.684. The van der Waals surface area contributed by atoms with Gasteiger partial charge in [0.05, 0.1) is 0 Å². The minimum absolute atomic E-state index is 0.113. The number of hydrogen-bond acceptors (Lipinski definition) is 2. The highest BCUT2D eigenvalue weighted by molar-refractivity contribution is 5.94. The fraction of sp³-hybridized carbons (Fsp3) is 0.611. The summed E-state index contributed by atoms with van der Waals surface area (Å²) in [6, 6.07) is 8.03. The lowest BCUT2D eigenvalue weighted by atomic mass is 9.86. The van der Waals surface area contributed by atoms with Gasteiger partial charge in [0.1, 0.15) is 0 Å². The molecule has 1 aliphatic rings. The number of carbonyl (C=O) groups is 1. The standard InChI is InChI=1S/C18H27NO2/c1-18(2,3)16-7-5-15(6-8-16)17(20)19(4)13-14-9-11-21-12-10-14/h5-8,14H,9-13H2,1-4H3. The van der Waals surface area contributed by atoms with Crippen molar-refractivity contribution in [3.8, 4) is 0 Å². The number of ether oxygens (including phenoxy) is 1. The molecule has 1 heterocycles. The third kappa shape index (κ3) is 4.31. The van der Waals surface area contributed by atoms with Gasteiger partial charge in [-0.05, 0) is 41.9 Å². The zero-order valence-electron chi connectivity index (χ0n) is 13.7. The lowest BCUT2D eigenvalue weighted by Gasteiger charge is -2.27. The normalized spacial score (nSPS) is 16.8. The molecule has 116 valence electrons. The van der Waals surface area contributed by atoms with Crippen molar-refractivity contribution in [2.75, 3.05) is 26.8 Å². The predicted molar refractivity (Wildman–Crippen MR) is 85.6 cm³/mol. The summed E-state index contributed by atoms with van der Waals surface area (Å²) >= 11 is 0. The Kier molecular flexibility index (Phi) is 5.04. The van der Waals surface area contributed by atoms with E-state index in [1.54, 1.807) is 0 Å². The van der Waals surface area contributed by atoms with Gasteiger partial charge in [0.15, 0.2) is 0 Å². The van der Waals surface area contributed by atoms with E-state index in [2.05, 4.69) is 32.9 Å². The second-order valence-electron chi connectivity index (χ2n) is 7.07. The Morgan fingerprint density at radius 2 is 1.76 bits per heavy atom. The Bertz CT molecular complexity index is 467. The molecular weight excluding hydrogens is 262 g/mol. The Morgan fingerprint density at radius 1 is 1.19 bits per heavy atom. The molecule has 1 aliphatic heterocycles. The van der Waals surface area contributed by atoms with E-state index >= 15 is 0 Å². The van der Waals surface area contributed by atoms with E-state index in [4.69, 9.17) is 4.74 Å². The summed E-state index contributed by atoms with van der Waals surface area (Å²) in [6.07, 6.45) is 2.11. The zero-order valence-corrected chi connectivity index (χ0v) is 13.7. The van der Waals surface area contributed by atoms with Crippen molar-refractivity contribution in [1.82, 2.24) is 4.90 Å². The lowest BCUT2D eigenvalue weighted by molar-refractivity contribution is 0.0497. The molecule has 0 aromatic heterocycles. The largest absolute Gasteiger partial charge is 0.381 e. The van der Waals surface area contributed by atoms with Crippen LogP contribution in [-0.2, 0) is 10.2 Å². The van der Waals surface area contributed by atoms with Crippen LogP contribution in [0.25, 0.3) is 0 Å². The predicted octanol–water partition coefficient (Wildman–Crippen LogP) is 3.48. The number of hydrogen-bond donors (Lipinski definition) is 0. The van der Waals surface area contributed by atoms with Crippen LogP contribution in [0.3, 0.4) is 0 Å². The SMILES string of the molecule is CN(CC1CCOCC1)C(=O)c1ccc(C(C)(C)C)cc1. The summed E-state index contributed by atoms with van der Waals surface area (Å²) < 4.78 is 5.37. The summed E-state index contributed by atoms with van der Waals surface area (Å²) in [4.78, 5) is 14.3. The maximum atomic E-state index is 12.5. The third-order valence-electron chi connectivity index (χ3n) is 4.22. The van der Waals surface area contributed by atoms with E-state index in [-0.39, 0.29) is 11.3 Å². The maximum Gasteiger partial charge on any atom is 0.253 e. The first kappa shape index (κ1) is 16.0. The molecule has 0 N–H and O–H groups in total. The summed E-state index contributed by atoms with van der Waals surface area (Å²) in [7, 11) is 1.90. The van der Waals surface area contributed by atoms with Crippen molar-refractivity contribution < 1.29 is 9.53 Å². The second kappa shape index (κ2) is 6.61. The highest BCUT2D eigenvalue weighted by Gasteiger charge is 2.20. The van der Waals surface area contributed by atoms with E-state index in [0.717, 1.165) is 38.2 Å². The van der Waals surface area contributed by atoms with Crippen molar-refractivity contribution in [2.45, 2.75) is 39.0 Å². The summed E-state index contributed by atoms with van der Waals surface area (Å²) in [6.45, 7) is 9.02. The topological polar surface area (TPSA) is 29.5 Å². The number of rotatable bonds is 3. The van der Waals surface area contributed by atoms with Gasteiger partial charge in [0.25, 0.3) is 5.91 Å². The highest BCUT2D eigenvalue weighted by Crippen LogP contribution is 2.23. The van der Waals surface area contributed by atoms with Gasteiger partial charge in [-0.15, -0.1) is 0 Å². The Balaban J connectivity index is 1.98. The smallest absolute Gasteiger partial charge is 0.253 e. The summed E-state index contributed by atoms with van der Waals surface area (Å²) in [5.41, 5.74) is 2.15. The maximum absolute atomic E-state index is 12.5. The molecule has 3 heteroatoms. The fourth-order valence-electron chi connectivity index (χ4n) is 2.73. The van der Waals surface area contributed by atoms with Crippen LogP contribution < -0.4 is 0 Å². The van der Waals surface area contributed by atoms with Gasteiger partial charge in [-0.25, -0.2) is 0 Å². The first-order chi connectivity index (χ1) is 9.88. The van der Waals surface area contributed by atoms with Gasteiger partial charge in [-0.3, -0.25) is 4.79 Å². The molecule has 0 atom stereocenters. The zero-order chi connectivity index (χ0) is 15.5. The van der Waals surface area contributed by atoms with E-state index in [0.29, 0.717) is 5.92 Å². The Hall–Kier alpha value is -1.35. The van der Waals surface area contributed by atoms with E-state index in [1.807, 2.05) is 24.1 Å². The minimum atomic E-state index is 0.113. The molecule has 0 aliphatic carbocycles. The van der Waals surface area contributed by atoms with Gasteiger partial charge in [-0.2, -0.15) is 0 Å². The quantitative estimate of drug-likeness (QED) is 0.852. The van der Waals surface area contributed by atoms with E-state index < -0.39 is 0 Å². The molecule has 1 aromatic carbocycles. The third-order valence-corrected chi connectivity index (χ3v) is 4.22. The van der Waals surface area contributed by atoms with Crippen LogP contribution in [-0.4, -0.2) is 37.6 Å². The van der Waals surface area contributed by atoms with Crippen LogP contribution in [0.5, 0.6) is 0 Å². The van der Waals surface area contributed by atoms with Gasteiger partial charge < -0.3 is 9.64 Å². The van der Waals surface area contributed by atoms with Gasteiger partial charge in [0.2, 0.25) is 0 Å². The minimum Gasteiger partial charge on any atom is -0.381 e. The van der Waals surface area contributed by atoms with Gasteiger partial charge >= 0.3 is 0 Å². The van der Waals surface area contributed by atoms with Crippen molar-refractivity contribution in [3.05, 3.63) is 35.4 Å². The van der Waals surface area contributed by atoms with Crippen LogP contribution in [0.4, 0.5) is 0 Å². The van der Waals surface area contributed by atoms with Crippen LogP contribution in [0, 0.1) is 5.92 Å². The molecule has 1 amide bonds. The molecule has 3 nitrogen and oxygen atoms in total. The lowest BCUT2D eigenvalue weighted by Crippen LogP contribution is -2.34. The molecule has 21 heavy (non-hydrogen) atoms. The van der Waals surface area contributed by atoms with Crippen molar-refractivity contribution in [1.29, 1.82) is 0 Å². The highest BCUT2D eigenvalue weighted by atomic mass is 16.5. The average molecular weight is 289 g/mol.